The molecular weight excluding hydrogens is 544 g/mol. The number of carbonyl (C=O) groups is 1. The van der Waals surface area contributed by atoms with E-state index in [1.165, 1.54) is 11.3 Å². The molecule has 1 aliphatic rings. The van der Waals surface area contributed by atoms with Gasteiger partial charge in [0.2, 0.25) is 0 Å². The van der Waals surface area contributed by atoms with Crippen LogP contribution in [0, 0.1) is 0 Å². The maximum atomic E-state index is 13.8. The van der Waals surface area contributed by atoms with Crippen LogP contribution < -0.4 is 24.4 Å². The minimum absolute atomic E-state index is 0.236. The second kappa shape index (κ2) is 10.8. The second-order valence-electron chi connectivity index (χ2n) is 8.41. The summed E-state index contributed by atoms with van der Waals surface area (Å²) in [5.74, 6) is 0.684. The number of esters is 1. The molecule has 0 aliphatic carbocycles. The predicted octanol–water partition coefficient (Wildman–Crippen LogP) is 4.36. The van der Waals surface area contributed by atoms with Crippen LogP contribution in [-0.4, -0.2) is 30.4 Å². The van der Waals surface area contributed by atoms with Crippen molar-refractivity contribution in [1.29, 1.82) is 0 Å². The molecule has 0 saturated carbocycles. The average Bonchev–Trinajstić information content (AvgIpc) is 3.12. The SMILES string of the molecule is CCOc1cc(C=c2sc3n(c2=O)C(c2ccccc2)C(C(=O)OC(C)C)=C(C)N=3)cc(Br)c1OC. The van der Waals surface area contributed by atoms with Crippen molar-refractivity contribution in [2.45, 2.75) is 39.8 Å². The molecule has 9 heteroatoms. The van der Waals surface area contributed by atoms with Gasteiger partial charge in [-0.1, -0.05) is 41.7 Å². The lowest BCUT2D eigenvalue weighted by Gasteiger charge is -2.25. The maximum absolute atomic E-state index is 13.8. The first-order chi connectivity index (χ1) is 17.2. The Labute approximate surface area is 221 Å². The van der Waals surface area contributed by atoms with Gasteiger partial charge in [0.1, 0.15) is 0 Å². The van der Waals surface area contributed by atoms with Crippen molar-refractivity contribution in [1.82, 2.24) is 4.57 Å². The zero-order chi connectivity index (χ0) is 26.0. The molecule has 188 valence electrons. The molecule has 7 nitrogen and oxygen atoms in total. The van der Waals surface area contributed by atoms with E-state index in [2.05, 4.69) is 20.9 Å². The number of nitrogens with zero attached hydrogens (tertiary/aromatic N) is 2. The minimum Gasteiger partial charge on any atom is -0.492 e. The lowest BCUT2D eigenvalue weighted by molar-refractivity contribution is -0.143. The summed E-state index contributed by atoms with van der Waals surface area (Å²) in [5.41, 5.74) is 2.23. The van der Waals surface area contributed by atoms with Crippen LogP contribution in [0.5, 0.6) is 11.5 Å². The Hall–Kier alpha value is -3.17. The fourth-order valence-corrected chi connectivity index (χ4v) is 5.76. The lowest BCUT2D eigenvalue weighted by Crippen LogP contribution is -2.40. The van der Waals surface area contributed by atoms with E-state index < -0.39 is 12.0 Å². The standard InChI is InChI=1S/C27H27BrN2O5S/c1-6-34-20-13-17(12-19(28)24(20)33-5)14-21-25(31)30-23(18-10-8-7-9-11-18)22(26(32)35-15(2)3)16(4)29-27(30)36-21/h7-15,23H,6H2,1-5H3. The number of hydrogen-bond donors (Lipinski definition) is 0. The smallest absolute Gasteiger partial charge is 0.338 e. The van der Waals surface area contributed by atoms with Crippen LogP contribution in [0.2, 0.25) is 0 Å². The van der Waals surface area contributed by atoms with Crippen LogP contribution >= 0.6 is 27.3 Å². The summed E-state index contributed by atoms with van der Waals surface area (Å²) in [6.07, 6.45) is 1.50. The third kappa shape index (κ3) is 5.03. The first kappa shape index (κ1) is 25.9. The highest BCUT2D eigenvalue weighted by atomic mass is 79.9. The van der Waals surface area contributed by atoms with Gasteiger partial charge in [-0.2, -0.15) is 0 Å². The van der Waals surface area contributed by atoms with Gasteiger partial charge in [-0.3, -0.25) is 9.36 Å². The lowest BCUT2D eigenvalue weighted by atomic mass is 9.96. The molecule has 0 fully saturated rings. The van der Waals surface area contributed by atoms with Crippen molar-refractivity contribution >= 4 is 39.3 Å². The molecule has 1 aliphatic heterocycles. The summed E-state index contributed by atoms with van der Waals surface area (Å²) >= 11 is 4.80. The summed E-state index contributed by atoms with van der Waals surface area (Å²) in [5, 5.41) is 0. The normalized spacial score (nSPS) is 15.5. The van der Waals surface area contributed by atoms with Crippen molar-refractivity contribution in [2.24, 2.45) is 4.99 Å². The number of rotatable bonds is 7. The molecule has 0 N–H and O–H groups in total. The summed E-state index contributed by atoms with van der Waals surface area (Å²) < 4.78 is 19.5. The zero-order valence-corrected chi connectivity index (χ0v) is 23.1. The van der Waals surface area contributed by atoms with E-state index in [1.807, 2.05) is 49.4 Å². The van der Waals surface area contributed by atoms with Gasteiger partial charge in [0.15, 0.2) is 16.3 Å². The van der Waals surface area contributed by atoms with Gasteiger partial charge < -0.3 is 14.2 Å². The topological polar surface area (TPSA) is 79.1 Å². The largest absolute Gasteiger partial charge is 0.492 e. The molecule has 2 aromatic carbocycles. The molecule has 1 atom stereocenters. The number of halogens is 1. The van der Waals surface area contributed by atoms with Crippen LogP contribution in [0.25, 0.3) is 6.08 Å². The van der Waals surface area contributed by atoms with Crippen molar-refractivity contribution in [2.75, 3.05) is 13.7 Å². The van der Waals surface area contributed by atoms with E-state index in [0.717, 1.165) is 11.1 Å². The number of fused-ring (bicyclic) bond motifs is 1. The Morgan fingerprint density at radius 1 is 1.25 bits per heavy atom. The van der Waals surface area contributed by atoms with Gasteiger partial charge >= 0.3 is 5.97 Å². The Balaban J connectivity index is 1.92. The molecule has 0 bridgehead atoms. The number of ether oxygens (including phenoxy) is 3. The number of methoxy groups -OCH3 is 1. The predicted molar refractivity (Wildman–Crippen MR) is 143 cm³/mol. The number of hydrogen-bond acceptors (Lipinski definition) is 7. The maximum Gasteiger partial charge on any atom is 0.338 e. The summed E-state index contributed by atoms with van der Waals surface area (Å²) in [6, 6.07) is 12.5. The van der Waals surface area contributed by atoms with Crippen molar-refractivity contribution in [3.8, 4) is 11.5 Å². The highest BCUT2D eigenvalue weighted by molar-refractivity contribution is 9.10. The van der Waals surface area contributed by atoms with Crippen LogP contribution in [0.15, 0.2) is 68.0 Å². The number of carbonyl (C=O) groups excluding carboxylic acids is 1. The first-order valence-corrected chi connectivity index (χ1v) is 13.1. The van der Waals surface area contributed by atoms with Gasteiger partial charge in [-0.05, 0) is 73.0 Å². The number of allylic oxidation sites excluding steroid dienone is 1. The van der Waals surface area contributed by atoms with Crippen molar-refractivity contribution < 1.29 is 19.0 Å². The number of benzene rings is 2. The van der Waals surface area contributed by atoms with Crippen LogP contribution in [0.3, 0.4) is 0 Å². The summed E-state index contributed by atoms with van der Waals surface area (Å²) in [7, 11) is 1.58. The Bertz CT molecular complexity index is 1510. The molecule has 1 unspecified atom stereocenters. The first-order valence-electron chi connectivity index (χ1n) is 11.5. The monoisotopic (exact) mass is 570 g/mol. The molecule has 0 radical (unpaired) electrons. The van der Waals surface area contributed by atoms with Gasteiger partial charge in [-0.15, -0.1) is 0 Å². The summed E-state index contributed by atoms with van der Waals surface area (Å²) in [6.45, 7) is 7.74. The Morgan fingerprint density at radius 3 is 2.61 bits per heavy atom. The van der Waals surface area contributed by atoms with E-state index in [4.69, 9.17) is 14.2 Å². The fraction of sp³-hybridized carbons (Fsp3) is 0.296. The van der Waals surface area contributed by atoms with Crippen LogP contribution in [0.4, 0.5) is 0 Å². The van der Waals surface area contributed by atoms with Gasteiger partial charge in [0, 0.05) is 0 Å². The van der Waals surface area contributed by atoms with Gasteiger partial charge in [-0.25, -0.2) is 9.79 Å². The Morgan fingerprint density at radius 2 is 1.97 bits per heavy atom. The van der Waals surface area contributed by atoms with E-state index in [-0.39, 0.29) is 11.7 Å². The zero-order valence-electron chi connectivity index (χ0n) is 20.7. The fourth-order valence-electron chi connectivity index (χ4n) is 4.09. The van der Waals surface area contributed by atoms with E-state index in [0.29, 0.717) is 43.2 Å². The molecule has 1 aromatic heterocycles. The molecular formula is C27H27BrN2O5S. The third-order valence-electron chi connectivity index (χ3n) is 5.53. The highest BCUT2D eigenvalue weighted by Gasteiger charge is 2.33. The van der Waals surface area contributed by atoms with Crippen LogP contribution in [0.1, 0.15) is 44.9 Å². The van der Waals surface area contributed by atoms with Crippen LogP contribution in [-0.2, 0) is 9.53 Å². The number of aromatic nitrogens is 1. The second-order valence-corrected chi connectivity index (χ2v) is 10.3. The average molecular weight is 571 g/mol. The molecule has 0 spiro atoms. The highest BCUT2D eigenvalue weighted by Crippen LogP contribution is 2.37. The molecule has 2 heterocycles. The Kier molecular flexibility index (Phi) is 7.80. The van der Waals surface area contributed by atoms with Crippen molar-refractivity contribution in [3.05, 3.63) is 89.0 Å². The molecule has 3 aromatic rings. The molecule has 0 saturated heterocycles. The minimum atomic E-state index is -0.641. The summed E-state index contributed by atoms with van der Waals surface area (Å²) in [4.78, 5) is 32.0. The van der Waals surface area contributed by atoms with E-state index in [9.17, 15) is 9.59 Å². The van der Waals surface area contributed by atoms with E-state index >= 15 is 0 Å². The molecule has 36 heavy (non-hydrogen) atoms. The quantitative estimate of drug-likeness (QED) is 0.394. The molecule has 4 rings (SSSR count). The molecule has 0 amide bonds. The van der Waals surface area contributed by atoms with Gasteiger partial charge in [0.05, 0.1) is 46.1 Å². The van der Waals surface area contributed by atoms with E-state index in [1.54, 1.807) is 38.5 Å². The number of thiazole rings is 1. The third-order valence-corrected chi connectivity index (χ3v) is 7.11. The van der Waals surface area contributed by atoms with Gasteiger partial charge in [0.25, 0.3) is 5.56 Å². The van der Waals surface area contributed by atoms with Crippen molar-refractivity contribution in [3.63, 3.8) is 0 Å².